The summed E-state index contributed by atoms with van der Waals surface area (Å²) in [6, 6.07) is 12.0. The fourth-order valence-electron chi connectivity index (χ4n) is 3.29. The lowest BCUT2D eigenvalue weighted by molar-refractivity contribution is -0.121. The average Bonchev–Trinajstić information content (AvgIpc) is 3.16. The Kier molecular flexibility index (Phi) is 3.06. The molecule has 1 aromatic carbocycles. The first-order valence-corrected chi connectivity index (χ1v) is 7.87. The van der Waals surface area contributed by atoms with Crippen LogP contribution in [0.5, 0.6) is 0 Å². The van der Waals surface area contributed by atoms with Crippen LogP contribution in [-0.2, 0) is 10.2 Å². The summed E-state index contributed by atoms with van der Waals surface area (Å²) in [5.41, 5.74) is 5.37. The number of anilines is 1. The molecule has 0 spiro atoms. The molecule has 0 atom stereocenters. The quantitative estimate of drug-likeness (QED) is 0.788. The lowest BCUT2D eigenvalue weighted by Crippen LogP contribution is -2.33. The molecular formula is C19H18N4O. The van der Waals surface area contributed by atoms with E-state index in [1.54, 1.807) is 17.3 Å². The van der Waals surface area contributed by atoms with E-state index in [1.807, 2.05) is 57.3 Å². The standard InChI is InChI=1S/C19H18N4O/c1-19(2)14-5-4-13(10-17(14)23(3)18(19)24)16-11-15(21-22-16)12-6-8-20-9-7-12/h4-11H,1-3H3,(H,21,22). The number of hydrogen-bond donors (Lipinski definition) is 1. The van der Waals surface area contributed by atoms with Gasteiger partial charge >= 0.3 is 0 Å². The van der Waals surface area contributed by atoms with Crippen molar-refractivity contribution in [3.05, 3.63) is 54.4 Å². The van der Waals surface area contributed by atoms with Crippen molar-refractivity contribution in [3.63, 3.8) is 0 Å². The molecule has 2 aromatic heterocycles. The number of aromatic amines is 1. The van der Waals surface area contributed by atoms with Crippen molar-refractivity contribution >= 4 is 11.6 Å². The maximum absolute atomic E-state index is 12.4. The van der Waals surface area contributed by atoms with E-state index >= 15 is 0 Å². The van der Waals surface area contributed by atoms with Crippen LogP contribution in [0, 0.1) is 0 Å². The zero-order chi connectivity index (χ0) is 16.9. The van der Waals surface area contributed by atoms with Crippen LogP contribution in [0.25, 0.3) is 22.5 Å². The van der Waals surface area contributed by atoms with Gasteiger partial charge in [-0.25, -0.2) is 0 Å². The van der Waals surface area contributed by atoms with Crippen LogP contribution in [0.2, 0.25) is 0 Å². The topological polar surface area (TPSA) is 61.9 Å². The summed E-state index contributed by atoms with van der Waals surface area (Å²) in [5, 5.41) is 7.49. The highest BCUT2D eigenvalue weighted by Crippen LogP contribution is 2.42. The predicted molar refractivity (Wildman–Crippen MR) is 93.7 cm³/mol. The number of likely N-dealkylation sites (N-methyl/N-ethyl adjacent to an activating group) is 1. The number of aromatic nitrogens is 3. The molecule has 0 aliphatic carbocycles. The van der Waals surface area contributed by atoms with Gasteiger partial charge in [-0.15, -0.1) is 0 Å². The molecule has 0 bridgehead atoms. The number of carbonyl (C=O) groups is 1. The van der Waals surface area contributed by atoms with Gasteiger partial charge in [-0.3, -0.25) is 14.9 Å². The van der Waals surface area contributed by atoms with Crippen molar-refractivity contribution in [3.8, 4) is 22.5 Å². The Morgan fingerprint density at radius 3 is 2.54 bits per heavy atom. The minimum absolute atomic E-state index is 0.120. The van der Waals surface area contributed by atoms with Crippen molar-refractivity contribution in [2.24, 2.45) is 0 Å². The number of nitrogens with one attached hydrogen (secondary N) is 1. The second kappa shape index (κ2) is 5.03. The molecule has 120 valence electrons. The van der Waals surface area contributed by atoms with Crippen molar-refractivity contribution in [2.75, 3.05) is 11.9 Å². The molecule has 5 heteroatoms. The third kappa shape index (κ3) is 2.05. The highest BCUT2D eigenvalue weighted by molar-refractivity contribution is 6.07. The summed E-state index contributed by atoms with van der Waals surface area (Å²) in [5.74, 6) is 0.120. The first-order chi connectivity index (χ1) is 11.5. The van der Waals surface area contributed by atoms with Crippen LogP contribution in [0.3, 0.4) is 0 Å². The molecule has 5 nitrogen and oxygen atoms in total. The fourth-order valence-corrected chi connectivity index (χ4v) is 3.29. The van der Waals surface area contributed by atoms with E-state index in [0.29, 0.717) is 0 Å². The normalized spacial score (nSPS) is 15.6. The van der Waals surface area contributed by atoms with Gasteiger partial charge in [0.2, 0.25) is 5.91 Å². The van der Waals surface area contributed by atoms with Crippen LogP contribution < -0.4 is 4.90 Å². The van der Waals surface area contributed by atoms with E-state index in [-0.39, 0.29) is 5.91 Å². The number of hydrogen-bond acceptors (Lipinski definition) is 3. The number of pyridine rings is 1. The lowest BCUT2D eigenvalue weighted by atomic mass is 9.85. The molecule has 1 aliphatic heterocycles. The van der Waals surface area contributed by atoms with E-state index in [4.69, 9.17) is 0 Å². The van der Waals surface area contributed by atoms with Crippen LogP contribution in [-0.4, -0.2) is 28.1 Å². The minimum Gasteiger partial charge on any atom is -0.314 e. The smallest absolute Gasteiger partial charge is 0.236 e. The van der Waals surface area contributed by atoms with E-state index in [2.05, 4.69) is 15.2 Å². The zero-order valence-electron chi connectivity index (χ0n) is 13.9. The maximum Gasteiger partial charge on any atom is 0.236 e. The Morgan fingerprint density at radius 1 is 1.04 bits per heavy atom. The minimum atomic E-state index is -0.476. The summed E-state index contributed by atoms with van der Waals surface area (Å²) in [6.07, 6.45) is 3.52. The van der Waals surface area contributed by atoms with E-state index in [1.165, 1.54) is 0 Å². The first kappa shape index (κ1) is 14.6. The number of rotatable bonds is 2. The van der Waals surface area contributed by atoms with Crippen molar-refractivity contribution < 1.29 is 4.79 Å². The first-order valence-electron chi connectivity index (χ1n) is 7.87. The van der Waals surface area contributed by atoms with Gasteiger partial charge < -0.3 is 4.90 Å². The molecule has 1 amide bonds. The molecule has 1 N–H and O–H groups in total. The molecule has 0 unspecified atom stereocenters. The number of fused-ring (bicyclic) bond motifs is 1. The molecule has 0 radical (unpaired) electrons. The Hall–Kier alpha value is -2.95. The molecule has 0 saturated heterocycles. The number of H-pyrrole nitrogens is 1. The number of benzene rings is 1. The molecule has 0 saturated carbocycles. The van der Waals surface area contributed by atoms with Gasteiger partial charge in [-0.2, -0.15) is 5.10 Å². The van der Waals surface area contributed by atoms with Gasteiger partial charge in [0.25, 0.3) is 0 Å². The van der Waals surface area contributed by atoms with E-state index in [0.717, 1.165) is 33.8 Å². The zero-order valence-corrected chi connectivity index (χ0v) is 13.9. The fraction of sp³-hybridized carbons (Fsp3) is 0.211. The largest absolute Gasteiger partial charge is 0.314 e. The highest BCUT2D eigenvalue weighted by atomic mass is 16.2. The summed E-state index contributed by atoms with van der Waals surface area (Å²) in [7, 11) is 1.83. The lowest BCUT2D eigenvalue weighted by Gasteiger charge is -2.16. The average molecular weight is 318 g/mol. The molecule has 3 heterocycles. The van der Waals surface area contributed by atoms with Gasteiger partial charge in [0, 0.05) is 36.3 Å². The molecule has 24 heavy (non-hydrogen) atoms. The molecule has 0 fully saturated rings. The highest BCUT2D eigenvalue weighted by Gasteiger charge is 2.42. The van der Waals surface area contributed by atoms with Gasteiger partial charge in [-0.1, -0.05) is 12.1 Å². The van der Waals surface area contributed by atoms with Crippen LogP contribution in [0.15, 0.2) is 48.8 Å². The molecular weight excluding hydrogens is 300 g/mol. The van der Waals surface area contributed by atoms with Gasteiger partial charge in [-0.05, 0) is 43.7 Å². The molecule has 1 aliphatic rings. The Labute approximate surface area is 140 Å². The summed E-state index contributed by atoms with van der Waals surface area (Å²) in [6.45, 7) is 3.93. The summed E-state index contributed by atoms with van der Waals surface area (Å²) >= 11 is 0. The number of nitrogens with zero attached hydrogens (tertiary/aromatic N) is 3. The van der Waals surface area contributed by atoms with E-state index in [9.17, 15) is 4.79 Å². The van der Waals surface area contributed by atoms with Crippen LogP contribution in [0.1, 0.15) is 19.4 Å². The van der Waals surface area contributed by atoms with Crippen molar-refractivity contribution in [1.82, 2.24) is 15.2 Å². The SMILES string of the molecule is CN1C(=O)C(C)(C)c2ccc(-c3cc(-c4ccncc4)[nH]n3)cc21. The van der Waals surface area contributed by atoms with Crippen molar-refractivity contribution in [1.29, 1.82) is 0 Å². The molecule has 3 aromatic rings. The summed E-state index contributed by atoms with van der Waals surface area (Å²) in [4.78, 5) is 18.2. The number of amides is 1. The second-order valence-corrected chi connectivity index (χ2v) is 6.62. The van der Waals surface area contributed by atoms with Crippen LogP contribution >= 0.6 is 0 Å². The number of carbonyl (C=O) groups excluding carboxylic acids is 1. The van der Waals surface area contributed by atoms with Gasteiger partial charge in [0.05, 0.1) is 16.8 Å². The predicted octanol–water partition coefficient (Wildman–Crippen LogP) is 3.39. The Morgan fingerprint density at radius 2 is 1.79 bits per heavy atom. The van der Waals surface area contributed by atoms with Crippen LogP contribution in [0.4, 0.5) is 5.69 Å². The third-order valence-corrected chi connectivity index (χ3v) is 4.74. The Bertz CT molecular complexity index is 928. The maximum atomic E-state index is 12.4. The summed E-state index contributed by atoms with van der Waals surface area (Å²) < 4.78 is 0. The Balaban J connectivity index is 1.75. The second-order valence-electron chi connectivity index (χ2n) is 6.62. The van der Waals surface area contributed by atoms with Gasteiger partial charge in [0.15, 0.2) is 0 Å². The van der Waals surface area contributed by atoms with E-state index < -0.39 is 5.41 Å². The monoisotopic (exact) mass is 318 g/mol. The molecule has 4 rings (SSSR count). The van der Waals surface area contributed by atoms with Crippen molar-refractivity contribution in [2.45, 2.75) is 19.3 Å². The third-order valence-electron chi connectivity index (χ3n) is 4.74. The van der Waals surface area contributed by atoms with Gasteiger partial charge in [0.1, 0.15) is 0 Å².